The van der Waals surface area contributed by atoms with Crippen molar-refractivity contribution < 1.29 is 27.2 Å². The number of aromatic nitrogens is 4. The van der Waals surface area contributed by atoms with E-state index in [9.17, 15) is 22.8 Å². The number of aryl methyl sites for hydroxylation is 1. The van der Waals surface area contributed by atoms with E-state index in [2.05, 4.69) is 20.9 Å². The fourth-order valence-electron chi connectivity index (χ4n) is 6.45. The number of pyridine rings is 1. The molecule has 0 radical (unpaired) electrons. The van der Waals surface area contributed by atoms with Crippen LogP contribution in [0.2, 0.25) is 0 Å². The lowest BCUT2D eigenvalue weighted by Gasteiger charge is -2.27. The number of amides is 2. The minimum atomic E-state index is -3.06. The van der Waals surface area contributed by atoms with E-state index in [1.807, 2.05) is 31.4 Å². The summed E-state index contributed by atoms with van der Waals surface area (Å²) in [5.41, 5.74) is 0.478. The van der Waals surface area contributed by atoms with Crippen LogP contribution in [0.1, 0.15) is 87.9 Å². The van der Waals surface area contributed by atoms with Gasteiger partial charge in [-0.1, -0.05) is 33.1 Å². The zero-order valence-electron chi connectivity index (χ0n) is 26.2. The molecule has 246 valence electrons. The summed E-state index contributed by atoms with van der Waals surface area (Å²) < 4.78 is 61.6. The molecule has 4 aromatic rings. The Kier molecular flexibility index (Phi) is 8.79. The number of carbonyl (C=O) groups excluding carboxylic acids is 2. The molecule has 0 unspecified atom stereocenters. The number of piperidine rings is 1. The van der Waals surface area contributed by atoms with E-state index in [-0.39, 0.29) is 41.8 Å². The molecule has 13 heteroatoms. The number of nitrogens with zero attached hydrogens (tertiary/aromatic N) is 4. The fourth-order valence-corrected chi connectivity index (χ4v) is 6.45. The summed E-state index contributed by atoms with van der Waals surface area (Å²) in [6, 6.07) is 6.17. The number of rotatable bonds is 4. The van der Waals surface area contributed by atoms with Crippen LogP contribution in [0.3, 0.4) is 0 Å². The van der Waals surface area contributed by atoms with E-state index in [1.165, 1.54) is 0 Å². The second-order valence-corrected chi connectivity index (χ2v) is 13.1. The van der Waals surface area contributed by atoms with Crippen molar-refractivity contribution >= 4 is 33.9 Å². The highest BCUT2D eigenvalue weighted by Gasteiger charge is 2.31. The molecule has 9 nitrogen and oxygen atoms in total. The molecule has 3 aromatic heterocycles. The second kappa shape index (κ2) is 12.7. The molecule has 2 amide bonds. The third-order valence-electron chi connectivity index (χ3n) is 9.27. The Morgan fingerprint density at radius 1 is 1.11 bits per heavy atom. The number of carbonyl (C=O) groups is 2. The summed E-state index contributed by atoms with van der Waals surface area (Å²) >= 11 is 0. The van der Waals surface area contributed by atoms with Gasteiger partial charge < -0.3 is 20.5 Å². The minimum Gasteiger partial charge on any atom is -0.348 e. The Morgan fingerprint density at radius 3 is 2.65 bits per heavy atom. The lowest BCUT2D eigenvalue weighted by molar-refractivity contribution is -0.130. The Balaban J connectivity index is 1.43. The van der Waals surface area contributed by atoms with Crippen molar-refractivity contribution in [3.63, 3.8) is 0 Å². The van der Waals surface area contributed by atoms with E-state index in [0.717, 1.165) is 44.2 Å². The van der Waals surface area contributed by atoms with Crippen LogP contribution in [0.25, 0.3) is 33.6 Å². The average Bonchev–Trinajstić information content (AvgIpc) is 3.56. The Labute approximate surface area is 264 Å². The van der Waals surface area contributed by atoms with Crippen LogP contribution in [0.15, 0.2) is 30.3 Å². The van der Waals surface area contributed by atoms with Crippen molar-refractivity contribution in [2.45, 2.75) is 90.6 Å². The van der Waals surface area contributed by atoms with Gasteiger partial charge in [0.05, 0.1) is 40.1 Å². The molecule has 3 atom stereocenters. The van der Waals surface area contributed by atoms with Crippen LogP contribution in [-0.4, -0.2) is 56.2 Å². The number of hydrogen-bond acceptors (Lipinski definition) is 5. The SMILES string of the molecule is C[C@H]1NC(=O)C(C)(C)CCCCCCn2c(-c3nc4cc(C(=O)N[C@H]5CNCC[C@@H]5F)c(F)cc4n3C(F)F)cc3ccc1nc32. The molecule has 3 N–H and O–H groups in total. The lowest BCUT2D eigenvalue weighted by atomic mass is 9.85. The predicted octanol–water partition coefficient (Wildman–Crippen LogP) is 6.18. The Hall–Kier alpha value is -4.00. The normalized spacial score (nSPS) is 22.7. The molecule has 1 fully saturated rings. The van der Waals surface area contributed by atoms with Gasteiger partial charge in [0.1, 0.15) is 17.6 Å². The molecule has 2 aliphatic heterocycles. The third kappa shape index (κ3) is 6.08. The largest absolute Gasteiger partial charge is 0.348 e. The highest BCUT2D eigenvalue weighted by Crippen LogP contribution is 2.35. The molecule has 5 heterocycles. The molecule has 0 aliphatic carbocycles. The highest BCUT2D eigenvalue weighted by atomic mass is 19.3. The van der Waals surface area contributed by atoms with Gasteiger partial charge in [0.2, 0.25) is 5.91 Å². The van der Waals surface area contributed by atoms with Gasteiger partial charge in [0.25, 0.3) is 5.91 Å². The smallest absolute Gasteiger partial charge is 0.320 e. The van der Waals surface area contributed by atoms with Gasteiger partial charge in [-0.15, -0.1) is 0 Å². The van der Waals surface area contributed by atoms with Gasteiger partial charge in [-0.25, -0.2) is 18.7 Å². The van der Waals surface area contributed by atoms with Gasteiger partial charge >= 0.3 is 6.55 Å². The van der Waals surface area contributed by atoms with Gasteiger partial charge in [0, 0.05) is 30.0 Å². The average molecular weight is 642 g/mol. The molecule has 0 saturated carbocycles. The van der Waals surface area contributed by atoms with E-state index < -0.39 is 41.5 Å². The summed E-state index contributed by atoms with van der Waals surface area (Å²) in [5, 5.41) is 9.29. The fraction of sp³-hybridized carbons (Fsp3) is 0.515. The van der Waals surface area contributed by atoms with Crippen LogP contribution in [0.4, 0.5) is 17.6 Å². The van der Waals surface area contributed by atoms with E-state index >= 15 is 4.39 Å². The monoisotopic (exact) mass is 641 g/mol. The maximum atomic E-state index is 15.3. The first kappa shape index (κ1) is 32.0. The van der Waals surface area contributed by atoms with E-state index in [0.29, 0.717) is 40.1 Å². The van der Waals surface area contributed by atoms with E-state index in [4.69, 9.17) is 4.98 Å². The molecule has 2 bridgehead atoms. The molecule has 2 aliphatic rings. The lowest BCUT2D eigenvalue weighted by Crippen LogP contribution is -2.52. The number of benzene rings is 1. The van der Waals surface area contributed by atoms with Crippen molar-refractivity contribution in [3.8, 4) is 11.5 Å². The molecule has 6 rings (SSSR count). The summed E-state index contributed by atoms with van der Waals surface area (Å²) in [7, 11) is 0. The first-order valence-corrected chi connectivity index (χ1v) is 15.9. The number of fused-ring (bicyclic) bond motifs is 2. The summed E-state index contributed by atoms with van der Waals surface area (Å²) in [5.74, 6) is -2.00. The van der Waals surface area contributed by atoms with Gasteiger partial charge in [-0.3, -0.25) is 14.2 Å². The molecular weight excluding hydrogens is 602 g/mol. The van der Waals surface area contributed by atoms with Crippen molar-refractivity contribution in [2.75, 3.05) is 13.1 Å². The van der Waals surface area contributed by atoms with Crippen molar-refractivity contribution in [2.24, 2.45) is 5.41 Å². The van der Waals surface area contributed by atoms with Crippen LogP contribution in [0.5, 0.6) is 0 Å². The van der Waals surface area contributed by atoms with Crippen LogP contribution < -0.4 is 16.0 Å². The third-order valence-corrected chi connectivity index (χ3v) is 9.27. The molecule has 46 heavy (non-hydrogen) atoms. The quantitative estimate of drug-likeness (QED) is 0.231. The predicted molar refractivity (Wildman–Crippen MR) is 167 cm³/mol. The standard InChI is InChI=1S/C33H39F4N7O2/c1-18-23-9-8-19-14-27(43(28(19)40-23)13-7-5-4-6-11-33(2,3)31(46)39-18)29-41-24-15-20(22(35)16-26(24)44(29)32(36)37)30(45)42-25-17-38-12-10-21(25)34/h8-9,14-16,18,21,25,32,38H,4-7,10-13,17H2,1-3H3,(H,39,46)(H,42,45)/t18-,21+,25+/m1/s1. The molecule has 0 spiro atoms. The number of imidazole rings is 1. The zero-order chi connectivity index (χ0) is 32.7. The minimum absolute atomic E-state index is 0.00645. The molecular formula is C33H39F4N7O2. The zero-order valence-corrected chi connectivity index (χ0v) is 26.2. The Morgan fingerprint density at radius 2 is 1.89 bits per heavy atom. The topological polar surface area (TPSA) is 106 Å². The first-order valence-electron chi connectivity index (χ1n) is 15.9. The van der Waals surface area contributed by atoms with Gasteiger partial charge in [-0.2, -0.15) is 8.78 Å². The van der Waals surface area contributed by atoms with E-state index in [1.54, 1.807) is 12.1 Å². The Bertz CT molecular complexity index is 1780. The summed E-state index contributed by atoms with van der Waals surface area (Å²) in [6.07, 6.45) is 3.04. The van der Waals surface area contributed by atoms with Crippen molar-refractivity contribution in [1.29, 1.82) is 0 Å². The number of hydrogen-bond donors (Lipinski definition) is 3. The van der Waals surface area contributed by atoms with Crippen LogP contribution in [0, 0.1) is 11.2 Å². The molecule has 1 aromatic carbocycles. The van der Waals surface area contributed by atoms with Crippen LogP contribution >= 0.6 is 0 Å². The first-order chi connectivity index (χ1) is 21.9. The molecule has 1 saturated heterocycles. The number of alkyl halides is 3. The van der Waals surface area contributed by atoms with Crippen molar-refractivity contribution in [3.05, 3.63) is 47.4 Å². The summed E-state index contributed by atoms with van der Waals surface area (Å²) in [4.78, 5) is 35.4. The second-order valence-electron chi connectivity index (χ2n) is 13.1. The van der Waals surface area contributed by atoms with Gasteiger partial charge in [-0.05, 0) is 57.0 Å². The van der Waals surface area contributed by atoms with Crippen LogP contribution in [-0.2, 0) is 11.3 Å². The number of nitrogens with one attached hydrogen (secondary N) is 3. The van der Waals surface area contributed by atoms with Crippen molar-refractivity contribution in [1.82, 2.24) is 35.1 Å². The maximum absolute atomic E-state index is 15.3. The number of halogens is 4. The summed E-state index contributed by atoms with van der Waals surface area (Å²) in [6.45, 7) is 3.84. The highest BCUT2D eigenvalue weighted by molar-refractivity contribution is 5.98. The maximum Gasteiger partial charge on any atom is 0.320 e. The van der Waals surface area contributed by atoms with Gasteiger partial charge in [0.15, 0.2) is 5.82 Å².